The number of nitrogens with one attached hydrogen (secondary N) is 1. The highest BCUT2D eigenvalue weighted by Gasteiger charge is 2.41. The van der Waals surface area contributed by atoms with Gasteiger partial charge >= 0.3 is 0 Å². The van der Waals surface area contributed by atoms with E-state index in [2.05, 4.69) is 11.6 Å². The number of benzene rings is 1. The van der Waals surface area contributed by atoms with Crippen molar-refractivity contribution in [1.82, 2.24) is 4.72 Å². The first kappa shape index (κ1) is 13.1. The van der Waals surface area contributed by atoms with E-state index >= 15 is 0 Å². The Bertz CT molecular complexity index is 583. The lowest BCUT2D eigenvalue weighted by molar-refractivity contribution is 0.475. The van der Waals surface area contributed by atoms with Crippen molar-refractivity contribution in [3.05, 3.63) is 29.8 Å². The number of sulfonamides is 1. The monoisotopic (exact) mass is 264 g/mol. The van der Waals surface area contributed by atoms with Crippen LogP contribution >= 0.6 is 0 Å². The Hall–Kier alpha value is -1.38. The SMILES string of the molecule is CCC1(CNS(=O)(=O)c2cccc(C#N)c2)CC1. The van der Waals surface area contributed by atoms with Crippen LogP contribution in [0.5, 0.6) is 0 Å². The Morgan fingerprint density at radius 1 is 1.44 bits per heavy atom. The molecular formula is C13H16N2O2S. The highest BCUT2D eigenvalue weighted by molar-refractivity contribution is 7.89. The van der Waals surface area contributed by atoms with E-state index < -0.39 is 10.0 Å². The number of rotatable bonds is 5. The molecule has 1 saturated carbocycles. The van der Waals surface area contributed by atoms with Crippen molar-refractivity contribution in [2.75, 3.05) is 6.54 Å². The molecule has 0 unspecified atom stereocenters. The van der Waals surface area contributed by atoms with Crippen LogP contribution in [0.4, 0.5) is 0 Å². The van der Waals surface area contributed by atoms with Gasteiger partial charge in [0.05, 0.1) is 16.5 Å². The third kappa shape index (κ3) is 2.71. The van der Waals surface area contributed by atoms with Crippen molar-refractivity contribution < 1.29 is 8.42 Å². The Kier molecular flexibility index (Phi) is 3.42. The van der Waals surface area contributed by atoms with Crippen LogP contribution in [0.15, 0.2) is 29.2 Å². The highest BCUT2D eigenvalue weighted by Crippen LogP contribution is 2.48. The fourth-order valence-corrected chi connectivity index (χ4v) is 3.10. The quantitative estimate of drug-likeness (QED) is 0.884. The summed E-state index contributed by atoms with van der Waals surface area (Å²) in [6, 6.07) is 8.02. The van der Waals surface area contributed by atoms with Crippen molar-refractivity contribution in [2.24, 2.45) is 5.41 Å². The van der Waals surface area contributed by atoms with Gasteiger partial charge in [0.1, 0.15) is 0 Å². The van der Waals surface area contributed by atoms with Crippen molar-refractivity contribution in [3.8, 4) is 6.07 Å². The van der Waals surface area contributed by atoms with Gasteiger partial charge in [0.25, 0.3) is 0 Å². The number of nitriles is 1. The van der Waals surface area contributed by atoms with E-state index in [1.807, 2.05) is 6.07 Å². The van der Waals surface area contributed by atoms with Crippen molar-refractivity contribution in [3.63, 3.8) is 0 Å². The van der Waals surface area contributed by atoms with E-state index in [0.29, 0.717) is 12.1 Å². The molecule has 1 aliphatic carbocycles. The summed E-state index contributed by atoms with van der Waals surface area (Å²) in [5.41, 5.74) is 0.523. The summed E-state index contributed by atoms with van der Waals surface area (Å²) in [7, 11) is -3.50. The van der Waals surface area contributed by atoms with Gasteiger partial charge in [-0.05, 0) is 42.9 Å². The summed E-state index contributed by atoms with van der Waals surface area (Å²) in [5.74, 6) is 0. The van der Waals surface area contributed by atoms with Gasteiger partial charge in [-0.3, -0.25) is 0 Å². The zero-order valence-electron chi connectivity index (χ0n) is 10.3. The van der Waals surface area contributed by atoms with Gasteiger partial charge in [-0.25, -0.2) is 13.1 Å². The second-order valence-corrected chi connectivity index (χ2v) is 6.58. The molecule has 0 bridgehead atoms. The van der Waals surface area contributed by atoms with Crippen LogP contribution in [0.3, 0.4) is 0 Å². The van der Waals surface area contributed by atoms with E-state index in [-0.39, 0.29) is 10.3 Å². The lowest BCUT2D eigenvalue weighted by Gasteiger charge is -2.13. The Morgan fingerprint density at radius 2 is 2.17 bits per heavy atom. The molecule has 1 aromatic carbocycles. The lowest BCUT2D eigenvalue weighted by atomic mass is 10.1. The van der Waals surface area contributed by atoms with Crippen molar-refractivity contribution in [2.45, 2.75) is 31.1 Å². The van der Waals surface area contributed by atoms with Crippen LogP contribution in [0.2, 0.25) is 0 Å². The third-order valence-electron chi connectivity index (χ3n) is 3.62. The number of hydrogen-bond donors (Lipinski definition) is 1. The molecule has 2 rings (SSSR count). The van der Waals surface area contributed by atoms with Crippen LogP contribution in [0, 0.1) is 16.7 Å². The molecule has 0 spiro atoms. The van der Waals surface area contributed by atoms with Gasteiger partial charge in [0, 0.05) is 6.54 Å². The predicted molar refractivity (Wildman–Crippen MR) is 68.3 cm³/mol. The molecule has 5 heteroatoms. The first-order valence-corrected chi connectivity index (χ1v) is 7.49. The van der Waals surface area contributed by atoms with E-state index in [9.17, 15) is 8.42 Å². The molecule has 1 fully saturated rings. The highest BCUT2D eigenvalue weighted by atomic mass is 32.2. The Morgan fingerprint density at radius 3 is 2.72 bits per heavy atom. The van der Waals surface area contributed by atoms with Crippen LogP contribution in [0.1, 0.15) is 31.7 Å². The molecule has 0 atom stereocenters. The maximum absolute atomic E-state index is 12.1. The van der Waals surface area contributed by atoms with Crippen LogP contribution in [-0.2, 0) is 10.0 Å². The molecule has 1 aliphatic rings. The van der Waals surface area contributed by atoms with Crippen LogP contribution in [0.25, 0.3) is 0 Å². The van der Waals surface area contributed by atoms with Gasteiger partial charge < -0.3 is 0 Å². The molecule has 1 N–H and O–H groups in total. The fraction of sp³-hybridized carbons (Fsp3) is 0.462. The van der Waals surface area contributed by atoms with E-state index in [1.165, 1.54) is 12.1 Å². The number of hydrogen-bond acceptors (Lipinski definition) is 3. The first-order valence-electron chi connectivity index (χ1n) is 6.01. The molecule has 96 valence electrons. The summed E-state index contributed by atoms with van der Waals surface area (Å²) in [5, 5.41) is 8.77. The zero-order valence-corrected chi connectivity index (χ0v) is 11.1. The Labute approximate surface area is 108 Å². The molecule has 0 aliphatic heterocycles. The first-order chi connectivity index (χ1) is 8.51. The maximum atomic E-state index is 12.1. The van der Waals surface area contributed by atoms with Gasteiger partial charge in [0.2, 0.25) is 10.0 Å². The van der Waals surface area contributed by atoms with Gasteiger partial charge in [0.15, 0.2) is 0 Å². The third-order valence-corrected chi connectivity index (χ3v) is 5.02. The van der Waals surface area contributed by atoms with Crippen molar-refractivity contribution >= 4 is 10.0 Å². The minimum Gasteiger partial charge on any atom is -0.211 e. The maximum Gasteiger partial charge on any atom is 0.240 e. The summed E-state index contributed by atoms with van der Waals surface area (Å²) in [6.07, 6.45) is 3.17. The van der Waals surface area contributed by atoms with Gasteiger partial charge in [-0.1, -0.05) is 13.0 Å². The molecule has 0 radical (unpaired) electrons. The molecule has 4 nitrogen and oxygen atoms in total. The molecular weight excluding hydrogens is 248 g/mol. The predicted octanol–water partition coefficient (Wildman–Crippen LogP) is 2.03. The molecule has 1 aromatic rings. The van der Waals surface area contributed by atoms with E-state index in [4.69, 9.17) is 5.26 Å². The molecule has 0 aromatic heterocycles. The Balaban J connectivity index is 2.13. The molecule has 0 heterocycles. The van der Waals surface area contributed by atoms with E-state index in [0.717, 1.165) is 19.3 Å². The summed E-state index contributed by atoms with van der Waals surface area (Å²) in [4.78, 5) is 0.161. The molecule has 0 amide bonds. The largest absolute Gasteiger partial charge is 0.240 e. The summed E-state index contributed by atoms with van der Waals surface area (Å²) < 4.78 is 26.8. The van der Waals surface area contributed by atoms with Crippen LogP contribution in [-0.4, -0.2) is 15.0 Å². The molecule has 18 heavy (non-hydrogen) atoms. The summed E-state index contributed by atoms with van der Waals surface area (Å²) >= 11 is 0. The normalized spacial score (nSPS) is 17.1. The standard InChI is InChI=1S/C13H16N2O2S/c1-2-13(6-7-13)10-15-18(16,17)12-5-3-4-11(8-12)9-14/h3-5,8,15H,2,6-7,10H2,1H3. The van der Waals surface area contributed by atoms with Crippen LogP contribution < -0.4 is 4.72 Å². The second kappa shape index (κ2) is 4.71. The van der Waals surface area contributed by atoms with Crippen molar-refractivity contribution in [1.29, 1.82) is 5.26 Å². The average molecular weight is 264 g/mol. The van der Waals surface area contributed by atoms with Gasteiger partial charge in [-0.2, -0.15) is 5.26 Å². The number of nitrogens with zero attached hydrogens (tertiary/aromatic N) is 1. The topological polar surface area (TPSA) is 70.0 Å². The zero-order chi connectivity index (χ0) is 13.2. The second-order valence-electron chi connectivity index (χ2n) is 4.82. The fourth-order valence-electron chi connectivity index (χ4n) is 1.90. The molecule has 0 saturated heterocycles. The lowest BCUT2D eigenvalue weighted by Crippen LogP contribution is -2.30. The smallest absolute Gasteiger partial charge is 0.211 e. The summed E-state index contributed by atoms with van der Waals surface area (Å²) in [6.45, 7) is 2.57. The minimum absolute atomic E-state index is 0.161. The van der Waals surface area contributed by atoms with Gasteiger partial charge in [-0.15, -0.1) is 0 Å². The average Bonchev–Trinajstić information content (AvgIpc) is 3.17. The minimum atomic E-state index is -3.50. The van der Waals surface area contributed by atoms with E-state index in [1.54, 1.807) is 12.1 Å².